The number of aromatic nitrogens is 2. The summed E-state index contributed by atoms with van der Waals surface area (Å²) in [5.41, 5.74) is 2.83. The summed E-state index contributed by atoms with van der Waals surface area (Å²) < 4.78 is 0. The molecule has 1 aromatic rings. The Morgan fingerprint density at radius 3 is 2.39 bits per heavy atom. The zero-order chi connectivity index (χ0) is 13.6. The fourth-order valence-electron chi connectivity index (χ4n) is 2.31. The van der Waals surface area contributed by atoms with Gasteiger partial charge >= 0.3 is 0 Å². The summed E-state index contributed by atoms with van der Waals surface area (Å²) in [6, 6.07) is 0.147. The zero-order valence-electron chi connectivity index (χ0n) is 11.1. The monoisotopic (exact) mass is 249 g/mol. The van der Waals surface area contributed by atoms with Gasteiger partial charge in [-0.05, 0) is 10.8 Å². The van der Waals surface area contributed by atoms with Crippen molar-refractivity contribution in [3.8, 4) is 0 Å². The lowest BCUT2D eigenvalue weighted by Gasteiger charge is -2.07. The molecule has 1 amide bonds. The maximum Gasteiger partial charge on any atom is 0.271 e. The minimum atomic E-state index is -0.219. The molecule has 6 nitrogen and oxygen atoms in total. The first kappa shape index (κ1) is 12.8. The fraction of sp³-hybridized carbons (Fsp3) is 0.583. The van der Waals surface area contributed by atoms with Crippen molar-refractivity contribution in [1.29, 1.82) is 0 Å². The van der Waals surface area contributed by atoms with E-state index in [0.717, 1.165) is 0 Å². The molecule has 0 unspecified atom stereocenters. The van der Waals surface area contributed by atoms with Crippen LogP contribution in [0.4, 0.5) is 5.82 Å². The highest BCUT2D eigenvalue weighted by Crippen LogP contribution is 2.62. The van der Waals surface area contributed by atoms with E-state index in [9.17, 15) is 4.79 Å². The maximum absolute atomic E-state index is 12.1. The van der Waals surface area contributed by atoms with E-state index >= 15 is 0 Å². The van der Waals surface area contributed by atoms with Gasteiger partial charge in [0.25, 0.3) is 5.91 Å². The first-order valence-electron chi connectivity index (χ1n) is 5.90. The Hall–Kier alpha value is -1.69. The number of rotatable bonds is 3. The van der Waals surface area contributed by atoms with Crippen LogP contribution in [-0.4, -0.2) is 21.9 Å². The average Bonchev–Trinajstić information content (AvgIpc) is 2.71. The van der Waals surface area contributed by atoms with Gasteiger partial charge in [-0.3, -0.25) is 9.78 Å². The third-order valence-corrected chi connectivity index (χ3v) is 4.31. The second kappa shape index (κ2) is 3.91. The van der Waals surface area contributed by atoms with E-state index in [2.05, 4.69) is 48.4 Å². The number of amides is 1. The Kier molecular flexibility index (Phi) is 2.77. The molecule has 6 heteroatoms. The smallest absolute Gasteiger partial charge is 0.271 e. The Bertz CT molecular complexity index is 469. The predicted molar refractivity (Wildman–Crippen MR) is 68.7 cm³/mol. The number of carbonyl (C=O) groups excluding carboxylic acids is 1. The van der Waals surface area contributed by atoms with Crippen molar-refractivity contribution >= 4 is 11.7 Å². The summed E-state index contributed by atoms with van der Waals surface area (Å²) in [7, 11) is 0. The van der Waals surface area contributed by atoms with Crippen molar-refractivity contribution in [2.45, 2.75) is 33.7 Å². The van der Waals surface area contributed by atoms with Gasteiger partial charge in [0.2, 0.25) is 0 Å². The van der Waals surface area contributed by atoms with E-state index in [4.69, 9.17) is 5.84 Å². The van der Waals surface area contributed by atoms with E-state index in [1.54, 1.807) is 0 Å². The third-order valence-electron chi connectivity index (χ3n) is 4.31. The summed E-state index contributed by atoms with van der Waals surface area (Å²) in [5.74, 6) is 5.39. The summed E-state index contributed by atoms with van der Waals surface area (Å²) in [4.78, 5) is 20.0. The number of anilines is 1. The standard InChI is InChI=1S/C12H19N5O/c1-11(2)10(12(11,3)4)16-9(18)7-5-14-6-8(15-7)17-13/h5-6,10H,13H2,1-4H3,(H,15,17)(H,16,18). The van der Waals surface area contributed by atoms with Crippen molar-refractivity contribution in [3.63, 3.8) is 0 Å². The van der Waals surface area contributed by atoms with Gasteiger partial charge in [0.05, 0.1) is 12.4 Å². The highest BCUT2D eigenvalue weighted by Gasteiger charge is 2.65. The Morgan fingerprint density at radius 2 is 1.89 bits per heavy atom. The molecule has 1 heterocycles. The number of nitrogen functional groups attached to an aromatic ring is 1. The lowest BCUT2D eigenvalue weighted by Crippen LogP contribution is -2.30. The van der Waals surface area contributed by atoms with Gasteiger partial charge in [-0.2, -0.15) is 0 Å². The van der Waals surface area contributed by atoms with E-state index in [0.29, 0.717) is 5.82 Å². The largest absolute Gasteiger partial charge is 0.347 e. The van der Waals surface area contributed by atoms with Crippen molar-refractivity contribution in [1.82, 2.24) is 15.3 Å². The van der Waals surface area contributed by atoms with Crippen LogP contribution in [0, 0.1) is 10.8 Å². The summed E-state index contributed by atoms with van der Waals surface area (Å²) >= 11 is 0. The molecular weight excluding hydrogens is 230 g/mol. The van der Waals surface area contributed by atoms with E-state index in [1.807, 2.05) is 0 Å². The van der Waals surface area contributed by atoms with Crippen molar-refractivity contribution < 1.29 is 4.79 Å². The Labute approximate surface area is 106 Å². The summed E-state index contributed by atoms with van der Waals surface area (Å²) in [5, 5.41) is 2.99. The topological polar surface area (TPSA) is 92.9 Å². The van der Waals surface area contributed by atoms with E-state index in [-0.39, 0.29) is 28.5 Å². The molecule has 1 fully saturated rings. The van der Waals surface area contributed by atoms with Gasteiger partial charge < -0.3 is 10.7 Å². The first-order chi connectivity index (χ1) is 8.30. The van der Waals surface area contributed by atoms with Gasteiger partial charge in [0.1, 0.15) is 5.69 Å². The van der Waals surface area contributed by atoms with Gasteiger partial charge in [0.15, 0.2) is 5.82 Å². The Morgan fingerprint density at radius 1 is 1.28 bits per heavy atom. The average molecular weight is 249 g/mol. The van der Waals surface area contributed by atoms with Crippen LogP contribution >= 0.6 is 0 Å². The van der Waals surface area contributed by atoms with Crippen LogP contribution in [0.15, 0.2) is 12.4 Å². The molecule has 0 aromatic carbocycles. The molecule has 4 N–H and O–H groups in total. The molecule has 0 spiro atoms. The summed E-state index contributed by atoms with van der Waals surface area (Å²) in [6.45, 7) is 8.56. The molecule has 1 aromatic heterocycles. The molecule has 18 heavy (non-hydrogen) atoms. The SMILES string of the molecule is CC1(C)C(NC(=O)c2cncc(NN)n2)C1(C)C. The number of nitrogens with two attached hydrogens (primary N) is 1. The van der Waals surface area contributed by atoms with E-state index < -0.39 is 0 Å². The molecule has 0 atom stereocenters. The van der Waals surface area contributed by atoms with Crippen molar-refractivity contribution in [2.75, 3.05) is 5.43 Å². The number of hydrazine groups is 1. The third kappa shape index (κ3) is 1.82. The van der Waals surface area contributed by atoms with Crippen molar-refractivity contribution in [3.05, 3.63) is 18.1 Å². The first-order valence-corrected chi connectivity index (χ1v) is 5.90. The lowest BCUT2D eigenvalue weighted by molar-refractivity contribution is 0.0938. The van der Waals surface area contributed by atoms with Crippen LogP contribution in [0.3, 0.4) is 0 Å². The Balaban J connectivity index is 2.10. The molecule has 0 aliphatic heterocycles. The van der Waals surface area contributed by atoms with Gasteiger partial charge in [-0.25, -0.2) is 10.8 Å². The molecule has 98 valence electrons. The second-order valence-corrected chi connectivity index (χ2v) is 5.78. The van der Waals surface area contributed by atoms with Crippen LogP contribution in [0.1, 0.15) is 38.2 Å². The molecule has 1 aliphatic carbocycles. The highest BCUT2D eigenvalue weighted by atomic mass is 16.2. The van der Waals surface area contributed by atoms with Crippen LogP contribution in [0.2, 0.25) is 0 Å². The molecule has 0 saturated heterocycles. The number of nitrogens with zero attached hydrogens (tertiary/aromatic N) is 2. The number of hydrogen-bond donors (Lipinski definition) is 3. The van der Waals surface area contributed by atoms with E-state index in [1.165, 1.54) is 12.4 Å². The van der Waals surface area contributed by atoms with Crippen LogP contribution in [-0.2, 0) is 0 Å². The van der Waals surface area contributed by atoms with Crippen LogP contribution < -0.4 is 16.6 Å². The number of carbonyl (C=O) groups is 1. The number of hydrogen-bond acceptors (Lipinski definition) is 5. The van der Waals surface area contributed by atoms with Gasteiger partial charge in [-0.15, -0.1) is 0 Å². The molecule has 1 aliphatic rings. The minimum Gasteiger partial charge on any atom is -0.347 e. The fourth-order valence-corrected chi connectivity index (χ4v) is 2.31. The predicted octanol–water partition coefficient (Wildman–Crippen LogP) is 0.927. The van der Waals surface area contributed by atoms with Crippen LogP contribution in [0.5, 0.6) is 0 Å². The zero-order valence-corrected chi connectivity index (χ0v) is 11.1. The van der Waals surface area contributed by atoms with Crippen LogP contribution in [0.25, 0.3) is 0 Å². The molecule has 0 bridgehead atoms. The lowest BCUT2D eigenvalue weighted by atomic mass is 10.0. The molecular formula is C12H19N5O. The number of nitrogens with one attached hydrogen (secondary N) is 2. The minimum absolute atomic E-state index is 0.0970. The van der Waals surface area contributed by atoms with Crippen molar-refractivity contribution in [2.24, 2.45) is 16.7 Å². The maximum atomic E-state index is 12.1. The highest BCUT2D eigenvalue weighted by molar-refractivity contribution is 5.92. The normalized spacial score (nSPS) is 20.3. The molecule has 0 radical (unpaired) electrons. The van der Waals surface area contributed by atoms with Gasteiger partial charge in [0, 0.05) is 6.04 Å². The molecule has 1 saturated carbocycles. The van der Waals surface area contributed by atoms with Gasteiger partial charge in [-0.1, -0.05) is 27.7 Å². The molecule has 2 rings (SSSR count). The summed E-state index contributed by atoms with van der Waals surface area (Å²) in [6.07, 6.45) is 2.89. The second-order valence-electron chi connectivity index (χ2n) is 5.78. The quantitative estimate of drug-likeness (QED) is 0.547.